The van der Waals surface area contributed by atoms with E-state index in [1.54, 1.807) is 0 Å². The van der Waals surface area contributed by atoms with Crippen LogP contribution in [0, 0.1) is 11.8 Å². The fraction of sp³-hybridized carbons (Fsp3) is 0.458. The Kier molecular flexibility index (Phi) is 7.59. The predicted molar refractivity (Wildman–Crippen MR) is 116 cm³/mol. The van der Waals surface area contributed by atoms with E-state index in [0.717, 1.165) is 42.8 Å². The average molecular weight is 351 g/mol. The molecule has 1 aliphatic carbocycles. The lowest BCUT2D eigenvalue weighted by molar-refractivity contribution is 0.543. The summed E-state index contributed by atoms with van der Waals surface area (Å²) in [6.45, 7) is 21.3. The van der Waals surface area contributed by atoms with E-state index in [1.165, 1.54) is 29.6 Å². The lowest BCUT2D eigenvalue weighted by Gasteiger charge is -2.20. The van der Waals surface area contributed by atoms with Gasteiger partial charge in [0.05, 0.1) is 0 Å². The standard InChI is InChI=1S/C24H34N2/c1-7-9-22(21-11-12-21)24-20(6)26-15-13-19(5)23(24)18(4)10-8-14-25-16-17(2)3/h7,9,13,15,17,21,25H,1,4-5,8,10-12,14,16H2,2-3,6H3/b22-9-. The van der Waals surface area contributed by atoms with Crippen LogP contribution >= 0.6 is 0 Å². The predicted octanol–water partition coefficient (Wildman–Crippen LogP) is 5.93. The van der Waals surface area contributed by atoms with Crippen LogP contribution in [-0.2, 0) is 0 Å². The van der Waals surface area contributed by atoms with E-state index < -0.39 is 0 Å². The number of rotatable bonds is 10. The van der Waals surface area contributed by atoms with Crippen LogP contribution in [0.15, 0.2) is 77.0 Å². The third-order valence-corrected chi connectivity index (χ3v) is 4.82. The summed E-state index contributed by atoms with van der Waals surface area (Å²) in [5, 5.41) is 3.52. The molecule has 0 amide bonds. The third kappa shape index (κ3) is 5.54. The van der Waals surface area contributed by atoms with Gasteiger partial charge in [0.15, 0.2) is 0 Å². The Bertz CT molecular complexity index is 679. The van der Waals surface area contributed by atoms with Gasteiger partial charge in [-0.05, 0) is 85.9 Å². The molecule has 2 nitrogen and oxygen atoms in total. The molecule has 1 saturated carbocycles. The van der Waals surface area contributed by atoms with Gasteiger partial charge in [-0.15, -0.1) is 0 Å². The minimum Gasteiger partial charge on any atom is -0.316 e. The van der Waals surface area contributed by atoms with Gasteiger partial charge < -0.3 is 5.32 Å². The number of hydrogen-bond donors (Lipinski definition) is 1. The maximum atomic E-state index is 4.62. The van der Waals surface area contributed by atoms with Gasteiger partial charge in [-0.3, -0.25) is 4.99 Å². The molecule has 0 saturated heterocycles. The first-order chi connectivity index (χ1) is 12.5. The lowest BCUT2D eigenvalue weighted by atomic mass is 9.85. The van der Waals surface area contributed by atoms with Gasteiger partial charge >= 0.3 is 0 Å². The molecular weight excluding hydrogens is 316 g/mol. The van der Waals surface area contributed by atoms with Crippen LogP contribution in [-0.4, -0.2) is 18.8 Å². The zero-order chi connectivity index (χ0) is 19.1. The number of nitrogens with one attached hydrogen (secondary N) is 1. The molecule has 0 unspecified atom stereocenters. The smallest absolute Gasteiger partial charge is 0.0454 e. The number of allylic oxidation sites excluding steroid dienone is 8. The molecule has 26 heavy (non-hydrogen) atoms. The second-order valence-corrected chi connectivity index (χ2v) is 7.74. The van der Waals surface area contributed by atoms with Gasteiger partial charge in [-0.1, -0.05) is 45.7 Å². The van der Waals surface area contributed by atoms with E-state index in [-0.39, 0.29) is 0 Å². The highest BCUT2D eigenvalue weighted by Gasteiger charge is 2.31. The Labute approximate surface area is 159 Å². The van der Waals surface area contributed by atoms with Crippen molar-refractivity contribution < 1.29 is 0 Å². The van der Waals surface area contributed by atoms with Gasteiger partial charge in [0, 0.05) is 17.5 Å². The highest BCUT2D eigenvalue weighted by atomic mass is 14.8. The summed E-state index contributed by atoms with van der Waals surface area (Å²) in [6, 6.07) is 0. The molecule has 1 aliphatic heterocycles. The molecule has 0 aromatic heterocycles. The molecule has 0 atom stereocenters. The Morgan fingerprint density at radius 2 is 2.08 bits per heavy atom. The first-order valence-corrected chi connectivity index (χ1v) is 9.82. The number of aliphatic imine (C=N–C) groups is 1. The highest BCUT2D eigenvalue weighted by molar-refractivity contribution is 6.05. The Morgan fingerprint density at radius 1 is 1.35 bits per heavy atom. The fourth-order valence-corrected chi connectivity index (χ4v) is 3.37. The van der Waals surface area contributed by atoms with E-state index in [9.17, 15) is 0 Å². The van der Waals surface area contributed by atoms with Crippen LogP contribution in [0.3, 0.4) is 0 Å². The van der Waals surface area contributed by atoms with Crippen molar-refractivity contribution >= 4 is 5.71 Å². The van der Waals surface area contributed by atoms with E-state index in [1.807, 2.05) is 18.4 Å². The van der Waals surface area contributed by atoms with Crippen LogP contribution < -0.4 is 5.32 Å². The van der Waals surface area contributed by atoms with E-state index in [2.05, 4.69) is 56.9 Å². The van der Waals surface area contributed by atoms with E-state index in [4.69, 9.17) is 0 Å². The van der Waals surface area contributed by atoms with Crippen molar-refractivity contribution in [2.75, 3.05) is 13.1 Å². The maximum Gasteiger partial charge on any atom is 0.0454 e. The van der Waals surface area contributed by atoms with Crippen LogP contribution in [0.4, 0.5) is 0 Å². The van der Waals surface area contributed by atoms with Crippen molar-refractivity contribution in [1.29, 1.82) is 0 Å². The largest absolute Gasteiger partial charge is 0.316 e. The van der Waals surface area contributed by atoms with Crippen LogP contribution in [0.5, 0.6) is 0 Å². The summed E-state index contributed by atoms with van der Waals surface area (Å²) < 4.78 is 0. The molecule has 0 aromatic carbocycles. The fourth-order valence-electron chi connectivity index (χ4n) is 3.37. The molecule has 140 valence electrons. The first-order valence-electron chi connectivity index (χ1n) is 9.82. The molecule has 0 radical (unpaired) electrons. The molecule has 2 heteroatoms. The number of hydrogen-bond acceptors (Lipinski definition) is 2. The molecule has 0 bridgehead atoms. The molecule has 0 aromatic rings. The van der Waals surface area contributed by atoms with Crippen molar-refractivity contribution in [1.82, 2.24) is 5.32 Å². The molecule has 2 rings (SSSR count). The second-order valence-electron chi connectivity index (χ2n) is 7.74. The van der Waals surface area contributed by atoms with E-state index in [0.29, 0.717) is 11.8 Å². The minimum atomic E-state index is 0.620. The Hall–Kier alpha value is -1.93. The Morgan fingerprint density at radius 3 is 2.69 bits per heavy atom. The molecule has 0 spiro atoms. The van der Waals surface area contributed by atoms with Crippen molar-refractivity contribution in [2.45, 2.75) is 46.5 Å². The van der Waals surface area contributed by atoms with Crippen molar-refractivity contribution in [2.24, 2.45) is 16.8 Å². The summed E-state index contributed by atoms with van der Waals surface area (Å²) in [4.78, 5) is 4.62. The zero-order valence-electron chi connectivity index (χ0n) is 16.8. The molecule has 1 N–H and O–H groups in total. The molecule has 1 heterocycles. The number of nitrogens with zero attached hydrogens (tertiary/aromatic N) is 1. The van der Waals surface area contributed by atoms with Gasteiger partial charge in [-0.25, -0.2) is 0 Å². The maximum absolute atomic E-state index is 4.62. The van der Waals surface area contributed by atoms with Crippen LogP contribution in [0.25, 0.3) is 0 Å². The SMILES string of the molecule is C=C/C=C(\C1=C(C(=C)CCCNCC(C)C)C(=C)C=CN=C1C)C1CC1. The Balaban J connectivity index is 2.24. The van der Waals surface area contributed by atoms with Crippen LogP contribution in [0.2, 0.25) is 0 Å². The van der Waals surface area contributed by atoms with E-state index >= 15 is 0 Å². The highest BCUT2D eigenvalue weighted by Crippen LogP contribution is 2.43. The van der Waals surface area contributed by atoms with Gasteiger partial charge in [0.1, 0.15) is 0 Å². The van der Waals surface area contributed by atoms with Gasteiger partial charge in [0.2, 0.25) is 0 Å². The third-order valence-electron chi connectivity index (χ3n) is 4.82. The summed E-state index contributed by atoms with van der Waals surface area (Å²) in [5.41, 5.74) is 6.98. The molecular formula is C24H34N2. The zero-order valence-corrected chi connectivity index (χ0v) is 16.8. The van der Waals surface area contributed by atoms with Crippen molar-refractivity contribution in [3.63, 3.8) is 0 Å². The average Bonchev–Trinajstić information content (AvgIpc) is 3.41. The normalized spacial score (nSPS) is 18.2. The summed E-state index contributed by atoms with van der Waals surface area (Å²) in [6.07, 6.45) is 12.5. The molecule has 1 fully saturated rings. The minimum absolute atomic E-state index is 0.620. The van der Waals surface area contributed by atoms with Crippen LogP contribution in [0.1, 0.15) is 46.5 Å². The second kappa shape index (κ2) is 9.68. The summed E-state index contributed by atoms with van der Waals surface area (Å²) >= 11 is 0. The molecule has 2 aliphatic rings. The quantitative estimate of drug-likeness (QED) is 0.383. The van der Waals surface area contributed by atoms with Crippen molar-refractivity contribution in [3.8, 4) is 0 Å². The lowest BCUT2D eigenvalue weighted by Crippen LogP contribution is -2.20. The first kappa shape index (κ1) is 20.4. The monoisotopic (exact) mass is 350 g/mol. The van der Waals surface area contributed by atoms with Gasteiger partial charge in [0.25, 0.3) is 0 Å². The van der Waals surface area contributed by atoms with Gasteiger partial charge in [-0.2, -0.15) is 0 Å². The van der Waals surface area contributed by atoms with Crippen molar-refractivity contribution in [3.05, 3.63) is 72.0 Å². The topological polar surface area (TPSA) is 24.4 Å². The summed E-state index contributed by atoms with van der Waals surface area (Å²) in [5.74, 6) is 1.30. The summed E-state index contributed by atoms with van der Waals surface area (Å²) in [7, 11) is 0.